The van der Waals surface area contributed by atoms with Crippen molar-refractivity contribution in [2.75, 3.05) is 19.8 Å². The maximum absolute atomic E-state index is 12.3. The minimum atomic E-state index is -0.524. The van der Waals surface area contributed by atoms with Crippen LogP contribution in [0.4, 0.5) is 0 Å². The third-order valence-electron chi connectivity index (χ3n) is 4.36. The number of rotatable bonds is 9. The first kappa shape index (κ1) is 19.6. The molecule has 1 aliphatic heterocycles. The fourth-order valence-electron chi connectivity index (χ4n) is 3.04. The Morgan fingerprint density at radius 2 is 2.22 bits per heavy atom. The Morgan fingerprint density at radius 3 is 3.04 bits per heavy atom. The van der Waals surface area contributed by atoms with Crippen LogP contribution in [-0.4, -0.2) is 37.2 Å². The number of carbonyl (C=O) groups excluding carboxylic acids is 1. The average molecular weight is 388 g/mol. The zero-order valence-corrected chi connectivity index (χ0v) is 16.0. The number of allylic oxidation sites excluding steroid dienone is 1. The normalized spacial score (nSPS) is 19.4. The molecule has 0 fully saturated rings. The van der Waals surface area contributed by atoms with E-state index in [0.717, 1.165) is 12.0 Å². The van der Waals surface area contributed by atoms with Crippen molar-refractivity contribution < 1.29 is 24.1 Å². The summed E-state index contributed by atoms with van der Waals surface area (Å²) in [7, 11) is 0. The van der Waals surface area contributed by atoms with Crippen LogP contribution in [0.2, 0.25) is 0 Å². The summed E-state index contributed by atoms with van der Waals surface area (Å²) in [4.78, 5) is 12.3. The van der Waals surface area contributed by atoms with E-state index in [-0.39, 0.29) is 24.9 Å². The van der Waals surface area contributed by atoms with Crippen LogP contribution >= 0.6 is 11.3 Å². The van der Waals surface area contributed by atoms with Gasteiger partial charge in [0, 0.05) is 23.6 Å². The van der Waals surface area contributed by atoms with Crippen LogP contribution in [0.1, 0.15) is 30.7 Å². The highest BCUT2D eigenvalue weighted by Crippen LogP contribution is 2.38. The lowest BCUT2D eigenvalue weighted by atomic mass is 9.92. The van der Waals surface area contributed by atoms with Crippen LogP contribution in [0.5, 0.6) is 0 Å². The lowest BCUT2D eigenvalue weighted by Crippen LogP contribution is -2.28. The van der Waals surface area contributed by atoms with E-state index in [1.807, 2.05) is 18.2 Å². The van der Waals surface area contributed by atoms with Crippen LogP contribution in [0.15, 0.2) is 54.1 Å². The summed E-state index contributed by atoms with van der Waals surface area (Å²) in [5.74, 6) is -0.331. The van der Waals surface area contributed by atoms with Gasteiger partial charge in [-0.2, -0.15) is 0 Å². The highest BCUT2D eigenvalue weighted by molar-refractivity contribution is 7.17. The Kier molecular flexibility index (Phi) is 7.04. The van der Waals surface area contributed by atoms with Gasteiger partial charge in [0.15, 0.2) is 0 Å². The first-order valence-corrected chi connectivity index (χ1v) is 9.96. The third-order valence-corrected chi connectivity index (χ3v) is 5.34. The number of aliphatic hydroxyl groups is 1. The number of benzene rings is 1. The van der Waals surface area contributed by atoms with Crippen LogP contribution < -0.4 is 0 Å². The van der Waals surface area contributed by atoms with Crippen molar-refractivity contribution >= 4 is 27.4 Å². The standard InChI is InChI=1S/C21H24O5S/c1-2-10-25-21(23)18-12-15(13-20(26-18)24-11-6-5-9-22)17-14-27-19-8-4-3-7-16(17)19/h2-4,7-8,12,14-15,20,22H,1,5-6,9-11,13H2/t15-,20+/m1/s1. The van der Waals surface area contributed by atoms with Gasteiger partial charge in [-0.15, -0.1) is 11.3 Å². The van der Waals surface area contributed by atoms with Crippen molar-refractivity contribution in [1.82, 2.24) is 0 Å². The Hall–Kier alpha value is -2.15. The second-order valence-corrected chi connectivity index (χ2v) is 7.21. The SMILES string of the molecule is C=CCOC(=O)C1=C[C@@H](c2csc3ccccc23)C[C@@H](OCCCCO)O1. The molecule has 0 amide bonds. The highest BCUT2D eigenvalue weighted by atomic mass is 32.1. The molecule has 1 N–H and O–H groups in total. The molecule has 144 valence electrons. The van der Waals surface area contributed by atoms with Crippen LogP contribution in [-0.2, 0) is 19.0 Å². The van der Waals surface area contributed by atoms with E-state index in [9.17, 15) is 4.79 Å². The van der Waals surface area contributed by atoms with Gasteiger partial charge in [0.1, 0.15) is 6.61 Å². The van der Waals surface area contributed by atoms with Crippen LogP contribution in [0, 0.1) is 0 Å². The molecule has 6 heteroatoms. The van der Waals surface area contributed by atoms with E-state index in [1.54, 1.807) is 11.3 Å². The quantitative estimate of drug-likeness (QED) is 0.397. The van der Waals surface area contributed by atoms with Gasteiger partial charge in [-0.25, -0.2) is 4.79 Å². The first-order valence-electron chi connectivity index (χ1n) is 9.08. The number of ether oxygens (including phenoxy) is 3. The van der Waals surface area contributed by atoms with Gasteiger partial charge >= 0.3 is 5.97 Å². The van der Waals surface area contributed by atoms with E-state index >= 15 is 0 Å². The van der Waals surface area contributed by atoms with Gasteiger partial charge in [0.25, 0.3) is 0 Å². The number of aliphatic hydroxyl groups excluding tert-OH is 1. The van der Waals surface area contributed by atoms with E-state index in [4.69, 9.17) is 19.3 Å². The number of carbonyl (C=O) groups is 1. The molecule has 1 aromatic heterocycles. The molecule has 27 heavy (non-hydrogen) atoms. The summed E-state index contributed by atoms with van der Waals surface area (Å²) in [5.41, 5.74) is 1.16. The molecule has 0 unspecified atom stereocenters. The first-order chi connectivity index (χ1) is 13.2. The Bertz CT molecular complexity index is 810. The molecular formula is C21H24O5S. The molecule has 2 heterocycles. The summed E-state index contributed by atoms with van der Waals surface area (Å²) in [6, 6.07) is 8.23. The number of esters is 1. The smallest absolute Gasteiger partial charge is 0.373 e. The molecule has 1 aromatic carbocycles. The Balaban J connectivity index is 1.81. The second kappa shape index (κ2) is 9.69. The van der Waals surface area contributed by atoms with Gasteiger partial charge in [0.2, 0.25) is 12.0 Å². The van der Waals surface area contributed by atoms with Gasteiger partial charge in [-0.3, -0.25) is 0 Å². The van der Waals surface area contributed by atoms with Crippen LogP contribution in [0.25, 0.3) is 10.1 Å². The molecule has 0 saturated carbocycles. The molecule has 0 saturated heterocycles. The van der Waals surface area contributed by atoms with Crippen molar-refractivity contribution in [2.24, 2.45) is 0 Å². The van der Waals surface area contributed by atoms with Crippen molar-refractivity contribution in [3.63, 3.8) is 0 Å². The molecule has 0 bridgehead atoms. The fourth-order valence-corrected chi connectivity index (χ4v) is 4.07. The Labute approximate surface area is 162 Å². The van der Waals surface area contributed by atoms with E-state index in [0.29, 0.717) is 19.4 Å². The molecule has 3 rings (SSSR count). The van der Waals surface area contributed by atoms with Crippen molar-refractivity contribution in [3.8, 4) is 0 Å². The predicted octanol–water partition coefficient (Wildman–Crippen LogP) is 4.13. The molecule has 2 aromatic rings. The van der Waals surface area contributed by atoms with Crippen molar-refractivity contribution in [3.05, 3.63) is 59.7 Å². The fraction of sp³-hybridized carbons (Fsp3) is 0.381. The van der Waals surface area contributed by atoms with E-state index < -0.39 is 12.3 Å². The highest BCUT2D eigenvalue weighted by Gasteiger charge is 2.30. The van der Waals surface area contributed by atoms with E-state index in [1.165, 1.54) is 16.2 Å². The minimum absolute atomic E-state index is 0.00372. The van der Waals surface area contributed by atoms with Gasteiger partial charge < -0.3 is 19.3 Å². The topological polar surface area (TPSA) is 65.0 Å². The zero-order valence-electron chi connectivity index (χ0n) is 15.1. The summed E-state index contributed by atoms with van der Waals surface area (Å²) >= 11 is 1.69. The predicted molar refractivity (Wildman–Crippen MR) is 106 cm³/mol. The molecule has 5 nitrogen and oxygen atoms in total. The second-order valence-electron chi connectivity index (χ2n) is 6.30. The van der Waals surface area contributed by atoms with Crippen LogP contribution in [0.3, 0.4) is 0 Å². The summed E-state index contributed by atoms with van der Waals surface area (Å²) in [6.07, 6.45) is 4.86. The average Bonchev–Trinajstić information content (AvgIpc) is 3.13. The molecule has 1 aliphatic rings. The number of fused-ring (bicyclic) bond motifs is 1. The lowest BCUT2D eigenvalue weighted by Gasteiger charge is -2.28. The summed E-state index contributed by atoms with van der Waals surface area (Å²) < 4.78 is 17.9. The lowest BCUT2D eigenvalue weighted by molar-refractivity contribution is -0.160. The van der Waals surface area contributed by atoms with Gasteiger partial charge in [0.05, 0.1) is 6.61 Å². The number of thiophene rings is 1. The number of hydrogen-bond donors (Lipinski definition) is 1. The molecule has 0 spiro atoms. The minimum Gasteiger partial charge on any atom is -0.458 e. The number of unbranched alkanes of at least 4 members (excludes halogenated alkanes) is 1. The monoisotopic (exact) mass is 388 g/mol. The third kappa shape index (κ3) is 4.97. The largest absolute Gasteiger partial charge is 0.458 e. The number of hydrogen-bond acceptors (Lipinski definition) is 6. The summed E-state index contributed by atoms with van der Waals surface area (Å²) in [6.45, 7) is 4.30. The Morgan fingerprint density at radius 1 is 1.37 bits per heavy atom. The van der Waals surface area contributed by atoms with Crippen molar-refractivity contribution in [1.29, 1.82) is 0 Å². The molecular weight excluding hydrogens is 364 g/mol. The van der Waals surface area contributed by atoms with Gasteiger partial charge in [-0.1, -0.05) is 30.9 Å². The maximum Gasteiger partial charge on any atom is 0.373 e. The molecule has 2 atom stereocenters. The zero-order chi connectivity index (χ0) is 19.1. The van der Waals surface area contributed by atoms with Gasteiger partial charge in [-0.05, 0) is 41.3 Å². The van der Waals surface area contributed by atoms with E-state index in [2.05, 4.69) is 24.1 Å². The molecule has 0 aliphatic carbocycles. The van der Waals surface area contributed by atoms with Crippen molar-refractivity contribution in [2.45, 2.75) is 31.5 Å². The molecule has 0 radical (unpaired) electrons. The summed E-state index contributed by atoms with van der Waals surface area (Å²) in [5, 5.41) is 12.2. The maximum atomic E-state index is 12.3.